The lowest BCUT2D eigenvalue weighted by Gasteiger charge is -2.25. The molecule has 0 radical (unpaired) electrons. The first kappa shape index (κ1) is 8.42. The molecule has 0 aliphatic heterocycles. The summed E-state index contributed by atoms with van der Waals surface area (Å²) in [5.41, 5.74) is 5.45. The van der Waals surface area contributed by atoms with Crippen LogP contribution in [0.25, 0.3) is 0 Å². The van der Waals surface area contributed by atoms with Gasteiger partial charge in [0, 0.05) is 23.8 Å². The molecule has 0 saturated heterocycles. The van der Waals surface area contributed by atoms with Crippen molar-refractivity contribution in [3.63, 3.8) is 0 Å². The number of nitro groups is 1. The molecule has 0 heterocycles. The van der Waals surface area contributed by atoms with E-state index < -0.39 is 18.2 Å². The first-order chi connectivity index (χ1) is 5.11. The van der Waals surface area contributed by atoms with E-state index in [4.69, 9.17) is 10.8 Å². The van der Waals surface area contributed by atoms with Crippen LogP contribution in [0, 0.1) is 10.1 Å². The molecule has 64 valence electrons. The van der Waals surface area contributed by atoms with E-state index in [9.17, 15) is 10.1 Å². The molecule has 0 aromatic rings. The fraction of sp³-hybridized carbons (Fsp3) is 1.00. The van der Waals surface area contributed by atoms with Gasteiger partial charge in [-0.3, -0.25) is 10.1 Å². The summed E-state index contributed by atoms with van der Waals surface area (Å²) in [5.74, 6) is 0. The molecule has 5 heteroatoms. The smallest absolute Gasteiger partial charge is 0.214 e. The highest BCUT2D eigenvalue weighted by Gasteiger charge is 2.32. The number of rotatable bonds is 1. The normalized spacial score (nSPS) is 38.5. The predicted molar refractivity (Wildman–Crippen MR) is 38.6 cm³/mol. The van der Waals surface area contributed by atoms with Crippen molar-refractivity contribution in [2.24, 2.45) is 5.73 Å². The Morgan fingerprint density at radius 3 is 2.64 bits per heavy atom. The fourth-order valence-electron chi connectivity index (χ4n) is 1.36. The van der Waals surface area contributed by atoms with E-state index >= 15 is 0 Å². The highest BCUT2D eigenvalue weighted by atomic mass is 16.6. The van der Waals surface area contributed by atoms with Gasteiger partial charge in [0.1, 0.15) is 0 Å². The molecule has 0 amide bonds. The average molecular weight is 160 g/mol. The van der Waals surface area contributed by atoms with E-state index in [1.54, 1.807) is 0 Å². The molecule has 1 aliphatic carbocycles. The molecule has 0 aromatic heterocycles. The third-order valence-corrected chi connectivity index (χ3v) is 2.13. The molecule has 3 unspecified atom stereocenters. The monoisotopic (exact) mass is 160 g/mol. The molecule has 0 bridgehead atoms. The van der Waals surface area contributed by atoms with Gasteiger partial charge in [-0.2, -0.15) is 0 Å². The van der Waals surface area contributed by atoms with Crippen molar-refractivity contribution in [3.05, 3.63) is 10.1 Å². The minimum absolute atomic E-state index is 0.300. The third-order valence-electron chi connectivity index (χ3n) is 2.13. The van der Waals surface area contributed by atoms with E-state index in [1.165, 1.54) is 0 Å². The number of aliphatic hydroxyl groups is 1. The summed E-state index contributed by atoms with van der Waals surface area (Å²) >= 11 is 0. The van der Waals surface area contributed by atoms with Crippen molar-refractivity contribution in [3.8, 4) is 0 Å². The summed E-state index contributed by atoms with van der Waals surface area (Å²) in [6, 6.07) is -0.965. The Kier molecular flexibility index (Phi) is 2.41. The third kappa shape index (κ3) is 1.87. The summed E-state index contributed by atoms with van der Waals surface area (Å²) in [5, 5.41) is 19.4. The van der Waals surface area contributed by atoms with Crippen LogP contribution in [0.3, 0.4) is 0 Å². The lowest BCUT2D eigenvalue weighted by Crippen LogP contribution is -2.44. The predicted octanol–water partition coefficient (Wildman–Crippen LogP) is -0.496. The van der Waals surface area contributed by atoms with Crippen LogP contribution in [-0.2, 0) is 0 Å². The largest absolute Gasteiger partial charge is 0.392 e. The van der Waals surface area contributed by atoms with Crippen molar-refractivity contribution >= 4 is 0 Å². The first-order valence-electron chi connectivity index (χ1n) is 3.68. The number of aliphatic hydroxyl groups excluding tert-OH is 1. The molecule has 11 heavy (non-hydrogen) atoms. The molecule has 0 spiro atoms. The molecule has 1 saturated carbocycles. The Labute approximate surface area is 64.3 Å². The van der Waals surface area contributed by atoms with Crippen LogP contribution >= 0.6 is 0 Å². The van der Waals surface area contributed by atoms with Gasteiger partial charge < -0.3 is 10.8 Å². The first-order valence-corrected chi connectivity index (χ1v) is 3.68. The second-order valence-corrected chi connectivity index (χ2v) is 2.98. The Morgan fingerprint density at radius 2 is 2.18 bits per heavy atom. The van der Waals surface area contributed by atoms with Crippen molar-refractivity contribution in [2.45, 2.75) is 37.5 Å². The minimum atomic E-state index is -0.550. The van der Waals surface area contributed by atoms with Crippen molar-refractivity contribution in [2.75, 3.05) is 0 Å². The molecule has 0 aromatic carbocycles. The number of hydrogen-bond acceptors (Lipinski definition) is 4. The van der Waals surface area contributed by atoms with E-state index in [-0.39, 0.29) is 4.92 Å². The van der Waals surface area contributed by atoms with Gasteiger partial charge in [-0.1, -0.05) is 0 Å². The Balaban J connectivity index is 2.46. The van der Waals surface area contributed by atoms with Gasteiger partial charge in [0.25, 0.3) is 0 Å². The fourth-order valence-corrected chi connectivity index (χ4v) is 1.36. The molecule has 1 fully saturated rings. The number of hydrogen-bond donors (Lipinski definition) is 2. The van der Waals surface area contributed by atoms with Crippen molar-refractivity contribution in [1.82, 2.24) is 0 Å². The molecule has 3 atom stereocenters. The zero-order valence-corrected chi connectivity index (χ0v) is 6.14. The van der Waals surface area contributed by atoms with Crippen LogP contribution in [0.2, 0.25) is 0 Å². The second kappa shape index (κ2) is 3.15. The highest BCUT2D eigenvalue weighted by molar-refractivity contribution is 4.81. The second-order valence-electron chi connectivity index (χ2n) is 2.98. The van der Waals surface area contributed by atoms with Crippen molar-refractivity contribution < 1.29 is 10.0 Å². The van der Waals surface area contributed by atoms with Gasteiger partial charge in [-0.05, 0) is 6.42 Å². The maximum Gasteiger partial charge on any atom is 0.214 e. The summed E-state index contributed by atoms with van der Waals surface area (Å²) in [6.45, 7) is 0. The quantitative estimate of drug-likeness (QED) is 0.400. The van der Waals surface area contributed by atoms with Gasteiger partial charge in [-0.15, -0.1) is 0 Å². The van der Waals surface area contributed by atoms with Gasteiger partial charge in [0.05, 0.1) is 6.10 Å². The summed E-state index contributed by atoms with van der Waals surface area (Å²) < 4.78 is 0. The Bertz CT molecular complexity index is 162. The summed E-state index contributed by atoms with van der Waals surface area (Å²) in [4.78, 5) is 9.96. The molecule has 1 aliphatic rings. The zero-order valence-electron chi connectivity index (χ0n) is 6.14. The summed E-state index contributed by atoms with van der Waals surface area (Å²) in [6.07, 6.45) is 0.647. The highest BCUT2D eigenvalue weighted by Crippen LogP contribution is 2.19. The van der Waals surface area contributed by atoms with Crippen molar-refractivity contribution in [1.29, 1.82) is 0 Å². The van der Waals surface area contributed by atoms with Gasteiger partial charge in [-0.25, -0.2) is 0 Å². The van der Waals surface area contributed by atoms with E-state index in [1.807, 2.05) is 0 Å². The average Bonchev–Trinajstić information content (AvgIpc) is 1.94. The Hall–Kier alpha value is -0.680. The number of nitrogens with zero attached hydrogens (tertiary/aromatic N) is 1. The Morgan fingerprint density at radius 1 is 1.55 bits per heavy atom. The van der Waals surface area contributed by atoms with E-state index in [0.29, 0.717) is 19.3 Å². The van der Waals surface area contributed by atoms with Gasteiger partial charge >= 0.3 is 0 Å². The standard InChI is InChI=1S/C6H12N2O3/c7-5-3-4(8(10)11)1-2-6(5)9/h4-6,9H,1-3,7H2. The maximum absolute atomic E-state index is 10.3. The van der Waals surface area contributed by atoms with E-state index in [2.05, 4.69) is 0 Å². The van der Waals surface area contributed by atoms with Crippen LogP contribution in [0.15, 0.2) is 0 Å². The lowest BCUT2D eigenvalue weighted by atomic mass is 9.90. The minimum Gasteiger partial charge on any atom is -0.392 e. The van der Waals surface area contributed by atoms with Crippen LogP contribution < -0.4 is 5.73 Å². The van der Waals surface area contributed by atoms with Gasteiger partial charge in [0.2, 0.25) is 6.04 Å². The van der Waals surface area contributed by atoms with Crippen LogP contribution in [0.5, 0.6) is 0 Å². The van der Waals surface area contributed by atoms with Crippen LogP contribution in [-0.4, -0.2) is 28.2 Å². The zero-order chi connectivity index (χ0) is 8.43. The summed E-state index contributed by atoms with van der Waals surface area (Å²) in [7, 11) is 0. The molecule has 1 rings (SSSR count). The maximum atomic E-state index is 10.3. The molecule has 3 N–H and O–H groups in total. The van der Waals surface area contributed by atoms with Crippen LogP contribution in [0.1, 0.15) is 19.3 Å². The van der Waals surface area contributed by atoms with Crippen LogP contribution in [0.4, 0.5) is 0 Å². The number of nitrogens with two attached hydrogens (primary N) is 1. The molecular weight excluding hydrogens is 148 g/mol. The lowest BCUT2D eigenvalue weighted by molar-refractivity contribution is -0.527. The molecular formula is C6H12N2O3. The van der Waals surface area contributed by atoms with Gasteiger partial charge in [0.15, 0.2) is 0 Å². The topological polar surface area (TPSA) is 89.4 Å². The molecule has 5 nitrogen and oxygen atoms in total. The SMILES string of the molecule is NC1CC([N+](=O)[O-])CCC1O. The van der Waals surface area contributed by atoms with E-state index in [0.717, 1.165) is 0 Å².